The van der Waals surface area contributed by atoms with E-state index in [0.29, 0.717) is 24.2 Å². The molecular formula is C28H25FN4O. The summed E-state index contributed by atoms with van der Waals surface area (Å²) >= 11 is 0. The molecule has 0 unspecified atom stereocenters. The Balaban J connectivity index is 1.61. The number of aromatic nitrogens is 3. The number of benzene rings is 3. The molecule has 2 aromatic heterocycles. The van der Waals surface area contributed by atoms with E-state index in [1.54, 1.807) is 16.5 Å². The van der Waals surface area contributed by atoms with Crippen LogP contribution in [0, 0.1) is 5.82 Å². The van der Waals surface area contributed by atoms with E-state index in [2.05, 4.69) is 12.1 Å². The molecule has 2 heterocycles. The lowest BCUT2D eigenvalue weighted by molar-refractivity contribution is 0.442. The lowest BCUT2D eigenvalue weighted by Crippen LogP contribution is -2.08. The molecule has 34 heavy (non-hydrogen) atoms. The van der Waals surface area contributed by atoms with Gasteiger partial charge in [-0.2, -0.15) is 0 Å². The van der Waals surface area contributed by atoms with Gasteiger partial charge in [0, 0.05) is 44.4 Å². The van der Waals surface area contributed by atoms with Gasteiger partial charge in [-0.1, -0.05) is 54.6 Å². The number of rotatable bonds is 6. The summed E-state index contributed by atoms with van der Waals surface area (Å²) in [5, 5.41) is 11.1. The number of fused-ring (bicyclic) bond motifs is 1. The molecule has 170 valence electrons. The fourth-order valence-electron chi connectivity index (χ4n) is 4.03. The van der Waals surface area contributed by atoms with E-state index in [0.717, 1.165) is 33.8 Å². The maximum atomic E-state index is 13.3. The fraction of sp³-hybridized carbons (Fsp3) is 0.143. The predicted molar refractivity (Wildman–Crippen MR) is 133 cm³/mol. The predicted octanol–water partition coefficient (Wildman–Crippen LogP) is 5.49. The summed E-state index contributed by atoms with van der Waals surface area (Å²) in [4.78, 5) is 11.8. The second kappa shape index (κ2) is 8.98. The largest absolute Gasteiger partial charge is 0.493 e. The van der Waals surface area contributed by atoms with Gasteiger partial charge in [-0.3, -0.25) is 4.40 Å². The molecule has 5 aromatic rings. The van der Waals surface area contributed by atoms with Gasteiger partial charge in [-0.15, -0.1) is 0 Å². The molecule has 0 bridgehead atoms. The van der Waals surface area contributed by atoms with E-state index >= 15 is 0 Å². The molecule has 6 heteroatoms. The number of hydrogen-bond acceptors (Lipinski definition) is 4. The van der Waals surface area contributed by atoms with Crippen molar-refractivity contribution in [1.29, 1.82) is 0 Å². The van der Waals surface area contributed by atoms with Gasteiger partial charge in [0.2, 0.25) is 5.88 Å². The van der Waals surface area contributed by atoms with Gasteiger partial charge in [-0.05, 0) is 35.4 Å². The van der Waals surface area contributed by atoms with Crippen LogP contribution in [-0.4, -0.2) is 33.6 Å². The Hall–Kier alpha value is -4.19. The zero-order valence-corrected chi connectivity index (χ0v) is 19.1. The van der Waals surface area contributed by atoms with Crippen LogP contribution in [0.4, 0.5) is 10.1 Å². The van der Waals surface area contributed by atoms with Crippen LogP contribution in [0.1, 0.15) is 22.5 Å². The molecule has 0 saturated heterocycles. The third-order valence-electron chi connectivity index (χ3n) is 5.90. The minimum atomic E-state index is -0.290. The van der Waals surface area contributed by atoms with Crippen LogP contribution < -0.4 is 4.90 Å². The van der Waals surface area contributed by atoms with Crippen molar-refractivity contribution in [2.24, 2.45) is 0 Å². The Morgan fingerprint density at radius 3 is 2.12 bits per heavy atom. The minimum Gasteiger partial charge on any atom is -0.493 e. The zero-order chi connectivity index (χ0) is 23.7. The molecule has 0 amide bonds. The van der Waals surface area contributed by atoms with Crippen molar-refractivity contribution in [3.8, 4) is 17.1 Å². The van der Waals surface area contributed by atoms with Crippen molar-refractivity contribution >= 4 is 11.3 Å². The molecule has 5 nitrogen and oxygen atoms in total. The summed E-state index contributed by atoms with van der Waals surface area (Å²) in [5.41, 5.74) is 6.72. The number of nitrogens with zero attached hydrogens (tertiary/aromatic N) is 4. The molecule has 1 N–H and O–H groups in total. The smallest absolute Gasteiger partial charge is 0.219 e. The number of aromatic hydroxyl groups is 1. The van der Waals surface area contributed by atoms with Crippen LogP contribution in [0.15, 0.2) is 85.1 Å². The molecular weight excluding hydrogens is 427 g/mol. The van der Waals surface area contributed by atoms with Crippen molar-refractivity contribution < 1.29 is 9.50 Å². The first-order valence-electron chi connectivity index (χ1n) is 11.1. The highest BCUT2D eigenvalue weighted by atomic mass is 19.1. The molecule has 5 rings (SSSR count). The first-order chi connectivity index (χ1) is 16.5. The van der Waals surface area contributed by atoms with Gasteiger partial charge >= 0.3 is 0 Å². The summed E-state index contributed by atoms with van der Waals surface area (Å²) in [6.45, 7) is 0. The maximum absolute atomic E-state index is 13.3. The Kier molecular flexibility index (Phi) is 5.72. The van der Waals surface area contributed by atoms with Crippen LogP contribution in [-0.2, 0) is 12.8 Å². The van der Waals surface area contributed by atoms with Crippen molar-refractivity contribution in [2.45, 2.75) is 12.8 Å². The molecule has 3 aromatic carbocycles. The van der Waals surface area contributed by atoms with E-state index in [-0.39, 0.29) is 11.7 Å². The SMILES string of the molecule is CN(C)c1ccc(-c2cn3c(O)c(Cc4ccc(F)cc4)nc3c(Cc3ccccc3)n2)cc1. The third-order valence-corrected chi connectivity index (χ3v) is 5.90. The summed E-state index contributed by atoms with van der Waals surface area (Å²) in [6.07, 6.45) is 2.80. The zero-order valence-electron chi connectivity index (χ0n) is 19.1. The van der Waals surface area contributed by atoms with Gasteiger partial charge in [0.25, 0.3) is 0 Å². The normalized spacial score (nSPS) is 11.1. The van der Waals surface area contributed by atoms with Crippen LogP contribution in [0.25, 0.3) is 16.9 Å². The van der Waals surface area contributed by atoms with Crippen molar-refractivity contribution in [3.05, 3.63) is 113 Å². The van der Waals surface area contributed by atoms with Gasteiger partial charge < -0.3 is 10.0 Å². The number of hydrogen-bond donors (Lipinski definition) is 1. The highest BCUT2D eigenvalue weighted by Crippen LogP contribution is 2.29. The van der Waals surface area contributed by atoms with Gasteiger partial charge in [0.15, 0.2) is 5.65 Å². The lowest BCUT2D eigenvalue weighted by atomic mass is 10.1. The highest BCUT2D eigenvalue weighted by molar-refractivity contribution is 5.65. The van der Waals surface area contributed by atoms with Crippen LogP contribution >= 0.6 is 0 Å². The maximum Gasteiger partial charge on any atom is 0.219 e. The minimum absolute atomic E-state index is 0.0715. The molecule has 0 atom stereocenters. The Labute approximate surface area is 197 Å². The molecule has 0 aliphatic carbocycles. The van der Waals surface area contributed by atoms with Gasteiger partial charge in [0.05, 0.1) is 11.4 Å². The van der Waals surface area contributed by atoms with Crippen molar-refractivity contribution in [3.63, 3.8) is 0 Å². The van der Waals surface area contributed by atoms with Crippen LogP contribution in [0.2, 0.25) is 0 Å². The van der Waals surface area contributed by atoms with Crippen molar-refractivity contribution in [1.82, 2.24) is 14.4 Å². The second-order valence-electron chi connectivity index (χ2n) is 8.56. The monoisotopic (exact) mass is 452 g/mol. The lowest BCUT2D eigenvalue weighted by Gasteiger charge is -2.13. The average Bonchev–Trinajstić information content (AvgIpc) is 3.16. The molecule has 0 spiro atoms. The number of imidazole rings is 1. The van der Waals surface area contributed by atoms with E-state index in [9.17, 15) is 9.50 Å². The fourth-order valence-corrected chi connectivity index (χ4v) is 4.03. The Morgan fingerprint density at radius 1 is 0.794 bits per heavy atom. The Bertz CT molecular complexity index is 1430. The summed E-state index contributed by atoms with van der Waals surface area (Å²) in [7, 11) is 4.01. The first-order valence-corrected chi connectivity index (χ1v) is 11.1. The summed E-state index contributed by atoms with van der Waals surface area (Å²) in [6, 6.07) is 24.5. The molecule has 0 saturated carbocycles. The standard InChI is InChI=1S/C28H25FN4O/c1-32(2)23-14-10-21(11-15-23)26-18-33-27(24(30-26)16-19-6-4-3-5-7-19)31-25(28(33)34)17-20-8-12-22(29)13-9-20/h3-15,18,34H,16-17H2,1-2H3. The topological polar surface area (TPSA) is 53.7 Å². The quantitative estimate of drug-likeness (QED) is 0.370. The summed E-state index contributed by atoms with van der Waals surface area (Å²) in [5.74, 6) is -0.218. The van der Waals surface area contributed by atoms with Gasteiger partial charge in [0.1, 0.15) is 11.5 Å². The van der Waals surface area contributed by atoms with Crippen LogP contribution in [0.3, 0.4) is 0 Å². The summed E-state index contributed by atoms with van der Waals surface area (Å²) < 4.78 is 15.0. The first kappa shape index (κ1) is 21.6. The molecule has 0 radical (unpaired) electrons. The molecule has 0 aliphatic heterocycles. The van der Waals surface area contributed by atoms with E-state index in [1.807, 2.05) is 67.7 Å². The third kappa shape index (κ3) is 4.35. The molecule has 0 aliphatic rings. The van der Waals surface area contributed by atoms with E-state index in [1.165, 1.54) is 12.1 Å². The number of anilines is 1. The van der Waals surface area contributed by atoms with E-state index < -0.39 is 0 Å². The number of halogens is 1. The average molecular weight is 453 g/mol. The molecule has 0 fully saturated rings. The van der Waals surface area contributed by atoms with Crippen LogP contribution in [0.5, 0.6) is 5.88 Å². The van der Waals surface area contributed by atoms with E-state index in [4.69, 9.17) is 9.97 Å². The van der Waals surface area contributed by atoms with Gasteiger partial charge in [-0.25, -0.2) is 14.4 Å². The highest BCUT2D eigenvalue weighted by Gasteiger charge is 2.18. The Morgan fingerprint density at radius 2 is 1.44 bits per heavy atom. The second-order valence-corrected chi connectivity index (χ2v) is 8.56. The van der Waals surface area contributed by atoms with Crippen molar-refractivity contribution in [2.75, 3.05) is 19.0 Å².